The standard InChI is InChI=1S/C20H28N2O4S2/c1-5-7-14(6-2)27-15-10-12-22(13-11-15)28-17-9-8-16(25-3)19(26-4)18(17)20(23)21-24/h5-9,15,24H,10-13H2,1-4H3,(H,21,23)/b7-5-,14-6+. The van der Waals surface area contributed by atoms with Crippen LogP contribution in [0.15, 0.2) is 40.2 Å². The number of allylic oxidation sites excluding steroid dienone is 3. The molecule has 1 aliphatic heterocycles. The highest BCUT2D eigenvalue weighted by molar-refractivity contribution is 8.03. The van der Waals surface area contributed by atoms with Gasteiger partial charge < -0.3 is 9.47 Å². The molecule has 2 N–H and O–H groups in total. The minimum Gasteiger partial charge on any atom is -0.493 e. The van der Waals surface area contributed by atoms with E-state index in [0.717, 1.165) is 30.8 Å². The van der Waals surface area contributed by atoms with Crippen molar-refractivity contribution < 1.29 is 19.5 Å². The number of carbonyl (C=O) groups is 1. The highest BCUT2D eigenvalue weighted by atomic mass is 32.2. The van der Waals surface area contributed by atoms with E-state index >= 15 is 0 Å². The lowest BCUT2D eigenvalue weighted by Crippen LogP contribution is -2.30. The van der Waals surface area contributed by atoms with Gasteiger partial charge in [0.15, 0.2) is 11.5 Å². The monoisotopic (exact) mass is 424 g/mol. The number of amides is 1. The summed E-state index contributed by atoms with van der Waals surface area (Å²) in [7, 11) is 2.99. The van der Waals surface area contributed by atoms with Crippen LogP contribution in [0.3, 0.4) is 0 Å². The molecule has 8 heteroatoms. The van der Waals surface area contributed by atoms with Crippen molar-refractivity contribution in [3.8, 4) is 11.5 Å². The number of ether oxygens (including phenoxy) is 2. The lowest BCUT2D eigenvalue weighted by Gasteiger charge is -2.31. The number of hydrogen-bond acceptors (Lipinski definition) is 7. The summed E-state index contributed by atoms with van der Waals surface area (Å²) in [5.74, 6) is 0.143. The molecule has 154 valence electrons. The maximum atomic E-state index is 12.2. The van der Waals surface area contributed by atoms with Gasteiger partial charge in [0.2, 0.25) is 0 Å². The van der Waals surface area contributed by atoms with Crippen LogP contribution in [0.5, 0.6) is 11.5 Å². The maximum Gasteiger partial charge on any atom is 0.279 e. The summed E-state index contributed by atoms with van der Waals surface area (Å²) < 4.78 is 12.9. The van der Waals surface area contributed by atoms with Gasteiger partial charge in [-0.1, -0.05) is 18.2 Å². The minimum absolute atomic E-state index is 0.273. The first kappa shape index (κ1) is 22.7. The van der Waals surface area contributed by atoms with Gasteiger partial charge in [0, 0.05) is 28.1 Å². The van der Waals surface area contributed by atoms with E-state index in [0.29, 0.717) is 16.7 Å². The van der Waals surface area contributed by atoms with Crippen LogP contribution in [0.25, 0.3) is 0 Å². The molecule has 0 bridgehead atoms. The second kappa shape index (κ2) is 11.4. The van der Waals surface area contributed by atoms with Crippen LogP contribution >= 0.6 is 23.7 Å². The van der Waals surface area contributed by atoms with E-state index < -0.39 is 5.91 Å². The number of piperidine rings is 1. The summed E-state index contributed by atoms with van der Waals surface area (Å²) in [6.07, 6.45) is 8.51. The Bertz CT molecular complexity index is 729. The van der Waals surface area contributed by atoms with Gasteiger partial charge in [-0.05, 0) is 50.8 Å². The normalized spacial score (nSPS) is 16.4. The number of thioether (sulfide) groups is 1. The SMILES string of the molecule is C/C=C\C(=C/C)SC1CCN(Sc2ccc(OC)c(OC)c2C(=O)NO)CC1. The number of carbonyl (C=O) groups excluding carboxylic acids is 1. The van der Waals surface area contributed by atoms with E-state index in [1.165, 1.54) is 31.1 Å². The predicted molar refractivity (Wildman–Crippen MR) is 115 cm³/mol. The van der Waals surface area contributed by atoms with Crippen LogP contribution in [-0.2, 0) is 0 Å². The first-order chi connectivity index (χ1) is 13.6. The smallest absolute Gasteiger partial charge is 0.279 e. The zero-order valence-electron chi connectivity index (χ0n) is 16.7. The Balaban J connectivity index is 2.09. The number of nitrogens with zero attached hydrogens (tertiary/aromatic N) is 1. The lowest BCUT2D eigenvalue weighted by molar-refractivity contribution is 0.0699. The van der Waals surface area contributed by atoms with Crippen molar-refractivity contribution in [2.75, 3.05) is 27.3 Å². The van der Waals surface area contributed by atoms with Gasteiger partial charge in [-0.15, -0.1) is 11.8 Å². The average Bonchev–Trinajstić information content (AvgIpc) is 2.73. The van der Waals surface area contributed by atoms with Crippen molar-refractivity contribution in [1.82, 2.24) is 9.79 Å². The third-order valence-corrected chi connectivity index (χ3v) is 6.99. The Kier molecular flexibility index (Phi) is 9.24. The third kappa shape index (κ3) is 5.70. The average molecular weight is 425 g/mol. The van der Waals surface area contributed by atoms with Crippen molar-refractivity contribution in [1.29, 1.82) is 0 Å². The van der Waals surface area contributed by atoms with E-state index in [2.05, 4.69) is 29.5 Å². The van der Waals surface area contributed by atoms with Gasteiger partial charge in [0.25, 0.3) is 5.91 Å². The van der Waals surface area contributed by atoms with Gasteiger partial charge in [-0.2, -0.15) is 0 Å². The molecule has 1 aliphatic rings. The molecule has 1 amide bonds. The van der Waals surface area contributed by atoms with E-state index in [4.69, 9.17) is 14.7 Å². The van der Waals surface area contributed by atoms with Crippen molar-refractivity contribution >= 4 is 29.6 Å². The van der Waals surface area contributed by atoms with Gasteiger partial charge in [0.05, 0.1) is 14.2 Å². The number of hydroxylamine groups is 1. The molecule has 1 saturated heterocycles. The maximum absolute atomic E-state index is 12.2. The molecule has 6 nitrogen and oxygen atoms in total. The molecule has 28 heavy (non-hydrogen) atoms. The van der Waals surface area contributed by atoms with Crippen LogP contribution in [0.2, 0.25) is 0 Å². The molecule has 0 aromatic heterocycles. The molecule has 1 fully saturated rings. The van der Waals surface area contributed by atoms with E-state index in [-0.39, 0.29) is 5.56 Å². The highest BCUT2D eigenvalue weighted by Crippen LogP contribution is 2.40. The van der Waals surface area contributed by atoms with Crippen molar-refractivity contribution in [2.24, 2.45) is 0 Å². The zero-order valence-corrected chi connectivity index (χ0v) is 18.4. The Morgan fingerprint density at radius 3 is 2.50 bits per heavy atom. The molecule has 1 heterocycles. The second-order valence-electron chi connectivity index (χ2n) is 6.14. The zero-order chi connectivity index (χ0) is 20.5. The van der Waals surface area contributed by atoms with Crippen LogP contribution in [0.1, 0.15) is 37.0 Å². The van der Waals surface area contributed by atoms with E-state index in [9.17, 15) is 4.79 Å². The summed E-state index contributed by atoms with van der Waals surface area (Å²) in [4.78, 5) is 14.3. The van der Waals surface area contributed by atoms with Crippen molar-refractivity contribution in [3.63, 3.8) is 0 Å². The molecule has 0 saturated carbocycles. The van der Waals surface area contributed by atoms with Gasteiger partial charge >= 0.3 is 0 Å². The fourth-order valence-corrected chi connectivity index (χ4v) is 5.26. The summed E-state index contributed by atoms with van der Waals surface area (Å²) in [6.45, 7) is 5.94. The van der Waals surface area contributed by atoms with Crippen molar-refractivity contribution in [3.05, 3.63) is 40.8 Å². The largest absolute Gasteiger partial charge is 0.493 e. The summed E-state index contributed by atoms with van der Waals surface area (Å²) in [6, 6.07) is 3.59. The summed E-state index contributed by atoms with van der Waals surface area (Å²) in [5, 5.41) is 9.74. The fraction of sp³-hybridized carbons (Fsp3) is 0.450. The Morgan fingerprint density at radius 1 is 1.25 bits per heavy atom. The van der Waals surface area contributed by atoms with Gasteiger partial charge in [0.1, 0.15) is 5.56 Å². The number of nitrogens with one attached hydrogen (secondary N) is 1. The summed E-state index contributed by atoms with van der Waals surface area (Å²) in [5.41, 5.74) is 1.98. The van der Waals surface area contributed by atoms with E-state index in [1.54, 1.807) is 11.5 Å². The molecule has 0 radical (unpaired) electrons. The van der Waals surface area contributed by atoms with Crippen molar-refractivity contribution in [2.45, 2.75) is 36.8 Å². The second-order valence-corrected chi connectivity index (χ2v) is 8.66. The van der Waals surface area contributed by atoms with Crippen LogP contribution in [0.4, 0.5) is 0 Å². The molecule has 0 unspecified atom stereocenters. The third-order valence-electron chi connectivity index (χ3n) is 4.38. The molecule has 1 aromatic carbocycles. The topological polar surface area (TPSA) is 71.0 Å². The Hall–Kier alpha value is -1.61. The van der Waals surface area contributed by atoms with Crippen LogP contribution < -0.4 is 15.0 Å². The van der Waals surface area contributed by atoms with Gasteiger partial charge in [-0.25, -0.2) is 9.79 Å². The Morgan fingerprint density at radius 2 is 1.96 bits per heavy atom. The first-order valence-electron chi connectivity index (χ1n) is 9.15. The quantitative estimate of drug-likeness (QED) is 0.275. The number of rotatable bonds is 8. The van der Waals surface area contributed by atoms with Gasteiger partial charge in [-0.3, -0.25) is 10.0 Å². The first-order valence-corrected chi connectivity index (χ1v) is 10.8. The molecule has 0 aliphatic carbocycles. The van der Waals surface area contributed by atoms with Crippen LogP contribution in [-0.4, -0.2) is 48.0 Å². The predicted octanol–water partition coefficient (Wildman–Crippen LogP) is 4.51. The molecule has 0 atom stereocenters. The van der Waals surface area contributed by atoms with E-state index in [1.807, 2.05) is 24.8 Å². The van der Waals surface area contributed by atoms with Crippen LogP contribution in [0, 0.1) is 0 Å². The highest BCUT2D eigenvalue weighted by Gasteiger charge is 2.26. The molecular weight excluding hydrogens is 396 g/mol. The molecule has 0 spiro atoms. The molecule has 2 rings (SSSR count). The minimum atomic E-state index is -0.618. The molecule has 1 aromatic rings. The Labute approximate surface area is 175 Å². The number of methoxy groups -OCH3 is 2. The molecular formula is C20H28N2O4S2. The number of benzene rings is 1. The number of hydrogen-bond donors (Lipinski definition) is 2. The fourth-order valence-electron chi connectivity index (χ4n) is 3.00. The summed E-state index contributed by atoms with van der Waals surface area (Å²) >= 11 is 3.43. The lowest BCUT2D eigenvalue weighted by atomic mass is 10.1.